The summed E-state index contributed by atoms with van der Waals surface area (Å²) in [5.74, 6) is 0.599. The molecule has 2 aromatic carbocycles. The molecule has 1 heterocycles. The minimum absolute atomic E-state index is 0.126. The van der Waals surface area contributed by atoms with E-state index < -0.39 is 0 Å². The molecule has 4 heteroatoms. The van der Waals surface area contributed by atoms with E-state index in [4.69, 9.17) is 4.74 Å². The number of amides is 1. The standard InChI is InChI=1S/C20H24N2O2/c1-15-6-7-16(14-19(15)24-2)20(23)21-17-8-10-18(11-9-17)22-12-4-3-5-13-22/h6-11,14H,3-5,12-13H2,1-2H3,(H,21,23). The predicted molar refractivity (Wildman–Crippen MR) is 98.2 cm³/mol. The summed E-state index contributed by atoms with van der Waals surface area (Å²) in [5, 5.41) is 2.95. The maximum Gasteiger partial charge on any atom is 0.255 e. The highest BCUT2D eigenvalue weighted by Gasteiger charge is 2.12. The molecule has 0 unspecified atom stereocenters. The average molecular weight is 324 g/mol. The predicted octanol–water partition coefficient (Wildman–Crippen LogP) is 4.25. The van der Waals surface area contributed by atoms with Crippen molar-refractivity contribution in [1.29, 1.82) is 0 Å². The highest BCUT2D eigenvalue weighted by Crippen LogP contribution is 2.23. The van der Waals surface area contributed by atoms with Gasteiger partial charge in [0.1, 0.15) is 5.75 Å². The minimum atomic E-state index is -0.126. The van der Waals surface area contributed by atoms with Crippen LogP contribution in [0.25, 0.3) is 0 Å². The zero-order chi connectivity index (χ0) is 16.9. The van der Waals surface area contributed by atoms with Gasteiger partial charge in [-0.25, -0.2) is 0 Å². The number of nitrogens with one attached hydrogen (secondary N) is 1. The highest BCUT2D eigenvalue weighted by molar-refractivity contribution is 6.04. The maximum absolute atomic E-state index is 12.4. The third-order valence-electron chi connectivity index (χ3n) is 4.52. The second-order valence-corrected chi connectivity index (χ2v) is 6.23. The Morgan fingerprint density at radius 1 is 1.04 bits per heavy atom. The number of rotatable bonds is 4. The van der Waals surface area contributed by atoms with Gasteiger partial charge in [0.05, 0.1) is 7.11 Å². The average Bonchev–Trinajstić information content (AvgIpc) is 2.63. The van der Waals surface area contributed by atoms with Crippen LogP contribution in [0.15, 0.2) is 42.5 Å². The van der Waals surface area contributed by atoms with E-state index in [1.165, 1.54) is 24.9 Å². The number of nitrogens with zero attached hydrogens (tertiary/aromatic N) is 1. The van der Waals surface area contributed by atoms with Crippen molar-refractivity contribution in [3.05, 3.63) is 53.6 Å². The molecule has 0 saturated carbocycles. The lowest BCUT2D eigenvalue weighted by molar-refractivity contribution is 0.102. The molecule has 4 nitrogen and oxygen atoms in total. The Kier molecular flexibility index (Phi) is 5.04. The normalized spacial score (nSPS) is 14.3. The number of anilines is 2. The number of carbonyl (C=O) groups is 1. The van der Waals surface area contributed by atoms with Crippen molar-refractivity contribution in [1.82, 2.24) is 0 Å². The SMILES string of the molecule is COc1cc(C(=O)Nc2ccc(N3CCCCC3)cc2)ccc1C. The molecule has 24 heavy (non-hydrogen) atoms. The van der Waals surface area contributed by atoms with Gasteiger partial charge in [-0.15, -0.1) is 0 Å². The van der Waals surface area contributed by atoms with E-state index in [9.17, 15) is 4.79 Å². The highest BCUT2D eigenvalue weighted by atomic mass is 16.5. The molecule has 0 atom stereocenters. The van der Waals surface area contributed by atoms with Crippen LogP contribution < -0.4 is 15.0 Å². The van der Waals surface area contributed by atoms with Crippen molar-refractivity contribution in [2.75, 3.05) is 30.4 Å². The summed E-state index contributed by atoms with van der Waals surface area (Å²) in [6, 6.07) is 13.6. The molecule has 3 rings (SSSR count). The summed E-state index contributed by atoms with van der Waals surface area (Å²) in [6.07, 6.45) is 3.84. The van der Waals surface area contributed by atoms with Crippen LogP contribution in [0.3, 0.4) is 0 Å². The number of hydrogen-bond acceptors (Lipinski definition) is 3. The van der Waals surface area contributed by atoms with E-state index in [0.29, 0.717) is 5.56 Å². The molecule has 0 spiro atoms. The molecule has 2 aromatic rings. The molecule has 0 radical (unpaired) electrons. The Balaban J connectivity index is 1.68. The number of benzene rings is 2. The lowest BCUT2D eigenvalue weighted by Crippen LogP contribution is -2.29. The number of aryl methyl sites for hydroxylation is 1. The van der Waals surface area contributed by atoms with Crippen LogP contribution in [0.5, 0.6) is 5.75 Å². The zero-order valence-corrected chi connectivity index (χ0v) is 14.3. The molecule has 126 valence electrons. The first-order chi connectivity index (χ1) is 11.7. The van der Waals surface area contributed by atoms with Crippen LogP contribution in [0.1, 0.15) is 35.2 Å². The van der Waals surface area contributed by atoms with Crippen LogP contribution in [0.2, 0.25) is 0 Å². The number of hydrogen-bond donors (Lipinski definition) is 1. The van der Waals surface area contributed by atoms with Gasteiger partial charge < -0.3 is 15.0 Å². The van der Waals surface area contributed by atoms with Gasteiger partial charge in [-0.1, -0.05) is 6.07 Å². The third-order valence-corrected chi connectivity index (χ3v) is 4.52. The van der Waals surface area contributed by atoms with Crippen molar-refractivity contribution in [2.45, 2.75) is 26.2 Å². The van der Waals surface area contributed by atoms with Gasteiger partial charge >= 0.3 is 0 Å². The number of ether oxygens (including phenoxy) is 1. The molecular formula is C20H24N2O2. The van der Waals surface area contributed by atoms with Crippen LogP contribution in [-0.2, 0) is 0 Å². The summed E-state index contributed by atoms with van der Waals surface area (Å²) in [6.45, 7) is 4.20. The summed E-state index contributed by atoms with van der Waals surface area (Å²) < 4.78 is 5.28. The topological polar surface area (TPSA) is 41.6 Å². The van der Waals surface area contributed by atoms with Crippen LogP contribution >= 0.6 is 0 Å². The fourth-order valence-electron chi connectivity index (χ4n) is 3.07. The van der Waals surface area contributed by atoms with Gasteiger partial charge in [-0.3, -0.25) is 4.79 Å². The van der Waals surface area contributed by atoms with E-state index >= 15 is 0 Å². The van der Waals surface area contributed by atoms with Crippen molar-refractivity contribution in [2.24, 2.45) is 0 Å². The van der Waals surface area contributed by atoms with Crippen LogP contribution in [0.4, 0.5) is 11.4 Å². The number of carbonyl (C=O) groups excluding carboxylic acids is 1. The Bertz CT molecular complexity index is 704. The molecule has 1 aliphatic heterocycles. The van der Waals surface area contributed by atoms with Crippen molar-refractivity contribution < 1.29 is 9.53 Å². The van der Waals surface area contributed by atoms with Gasteiger partial charge in [0.2, 0.25) is 0 Å². The monoisotopic (exact) mass is 324 g/mol. The molecule has 1 amide bonds. The Morgan fingerprint density at radius 2 is 1.75 bits per heavy atom. The number of methoxy groups -OCH3 is 1. The quantitative estimate of drug-likeness (QED) is 0.914. The Morgan fingerprint density at radius 3 is 2.42 bits per heavy atom. The van der Waals surface area contributed by atoms with E-state index in [-0.39, 0.29) is 5.91 Å². The molecule has 0 bridgehead atoms. The summed E-state index contributed by atoms with van der Waals surface area (Å²) in [7, 11) is 1.61. The second kappa shape index (κ2) is 7.39. The zero-order valence-electron chi connectivity index (χ0n) is 14.3. The number of piperidine rings is 1. The van der Waals surface area contributed by atoms with Gasteiger partial charge in [0, 0.05) is 30.0 Å². The molecular weight excluding hydrogens is 300 g/mol. The van der Waals surface area contributed by atoms with Crippen LogP contribution in [-0.4, -0.2) is 26.1 Å². The van der Waals surface area contributed by atoms with Crippen molar-refractivity contribution in [3.8, 4) is 5.75 Å². The minimum Gasteiger partial charge on any atom is -0.496 e. The van der Waals surface area contributed by atoms with E-state index in [2.05, 4.69) is 22.3 Å². The first kappa shape index (κ1) is 16.4. The molecule has 0 aliphatic carbocycles. The second-order valence-electron chi connectivity index (χ2n) is 6.23. The molecule has 0 aromatic heterocycles. The van der Waals surface area contributed by atoms with Crippen molar-refractivity contribution in [3.63, 3.8) is 0 Å². The molecule has 1 N–H and O–H groups in total. The lowest BCUT2D eigenvalue weighted by atomic mass is 10.1. The van der Waals surface area contributed by atoms with E-state index in [1.807, 2.05) is 31.2 Å². The smallest absolute Gasteiger partial charge is 0.255 e. The fraction of sp³-hybridized carbons (Fsp3) is 0.350. The summed E-state index contributed by atoms with van der Waals surface area (Å²) in [4.78, 5) is 14.8. The van der Waals surface area contributed by atoms with Crippen LogP contribution in [0, 0.1) is 6.92 Å². The maximum atomic E-state index is 12.4. The largest absolute Gasteiger partial charge is 0.496 e. The van der Waals surface area contributed by atoms with Gasteiger partial charge in [-0.2, -0.15) is 0 Å². The summed E-state index contributed by atoms with van der Waals surface area (Å²) in [5.41, 5.74) is 3.64. The van der Waals surface area contributed by atoms with E-state index in [0.717, 1.165) is 30.1 Å². The third kappa shape index (κ3) is 3.70. The van der Waals surface area contributed by atoms with Gasteiger partial charge in [0.25, 0.3) is 5.91 Å². The van der Waals surface area contributed by atoms with Gasteiger partial charge in [-0.05, 0) is 68.1 Å². The fourth-order valence-corrected chi connectivity index (χ4v) is 3.07. The first-order valence-electron chi connectivity index (χ1n) is 8.48. The molecule has 1 fully saturated rings. The first-order valence-corrected chi connectivity index (χ1v) is 8.48. The Labute approximate surface area is 143 Å². The lowest BCUT2D eigenvalue weighted by Gasteiger charge is -2.28. The Hall–Kier alpha value is -2.49. The summed E-state index contributed by atoms with van der Waals surface area (Å²) >= 11 is 0. The molecule has 1 saturated heterocycles. The van der Waals surface area contributed by atoms with Gasteiger partial charge in [0.15, 0.2) is 0 Å². The molecule has 1 aliphatic rings. The van der Waals surface area contributed by atoms with E-state index in [1.54, 1.807) is 13.2 Å². The van der Waals surface area contributed by atoms with Crippen molar-refractivity contribution >= 4 is 17.3 Å².